The molecule has 3 N–H and O–H groups in total. The van der Waals surface area contributed by atoms with Crippen molar-refractivity contribution in [2.75, 3.05) is 52.9 Å². The van der Waals surface area contributed by atoms with Crippen LogP contribution >= 0.6 is 15.9 Å². The minimum atomic E-state index is -1.59. The van der Waals surface area contributed by atoms with Crippen LogP contribution in [0.4, 0.5) is 52.7 Å². The van der Waals surface area contributed by atoms with Crippen molar-refractivity contribution in [3.63, 3.8) is 0 Å². The quantitative estimate of drug-likeness (QED) is 0.0397. The average Bonchev–Trinajstić information content (AvgIpc) is 1.10. The van der Waals surface area contributed by atoms with Crippen molar-refractivity contribution in [3.8, 4) is 101 Å². The van der Waals surface area contributed by atoms with E-state index in [1.807, 2.05) is 12.1 Å². The van der Waals surface area contributed by atoms with Gasteiger partial charge in [-0.2, -0.15) is 17.6 Å². The van der Waals surface area contributed by atoms with E-state index >= 15 is 4.39 Å². The van der Waals surface area contributed by atoms with Crippen molar-refractivity contribution in [2.45, 2.75) is 189 Å². The van der Waals surface area contributed by atoms with Crippen LogP contribution in [0.1, 0.15) is 194 Å². The van der Waals surface area contributed by atoms with Gasteiger partial charge in [0.05, 0.1) is 32.0 Å². The summed E-state index contributed by atoms with van der Waals surface area (Å²) in [6, 6.07) is 61.1. The Morgan fingerprint density at radius 2 is 0.683 bits per heavy atom. The average molecular weight is 1980 g/mol. The highest BCUT2D eigenvalue weighted by atomic mass is 79.9. The minimum absolute atomic E-state index is 0.0594. The number of carbonyl (C=O) groups is 1. The van der Waals surface area contributed by atoms with E-state index in [2.05, 4.69) is 42.8 Å². The Morgan fingerprint density at radius 3 is 1.01 bits per heavy atom. The van der Waals surface area contributed by atoms with Gasteiger partial charge in [-0.1, -0.05) is 215 Å². The fourth-order valence-electron chi connectivity index (χ4n) is 17.2. The number of aliphatic hydroxyl groups is 1. The highest BCUT2D eigenvalue weighted by Crippen LogP contribution is 2.45. The fourth-order valence-corrected chi connectivity index (χ4v) is 17.5. The van der Waals surface area contributed by atoms with Gasteiger partial charge in [0.2, 0.25) is 23.3 Å². The van der Waals surface area contributed by atoms with Gasteiger partial charge in [-0.25, -0.2) is 35.1 Å². The van der Waals surface area contributed by atoms with Gasteiger partial charge in [0.25, 0.3) is 0 Å². The summed E-state index contributed by atoms with van der Waals surface area (Å²) in [5.74, 6) is -6.82. The lowest BCUT2D eigenvalue weighted by Gasteiger charge is -2.36. The molecule has 3 aliphatic carbocycles. The second-order valence-corrected chi connectivity index (χ2v) is 35.5. The van der Waals surface area contributed by atoms with Gasteiger partial charge in [0.15, 0.2) is 46.3 Å². The van der Waals surface area contributed by atoms with Crippen LogP contribution in [-0.4, -0.2) is 80.9 Å². The van der Waals surface area contributed by atoms with Gasteiger partial charge in [-0.05, 0) is 293 Å². The predicted octanol–water partition coefficient (Wildman–Crippen LogP) is 31.1. The summed E-state index contributed by atoms with van der Waals surface area (Å²) in [5, 5.41) is 28.2. The minimum Gasteiger partial charge on any atom is -0.491 e. The van der Waals surface area contributed by atoms with Crippen LogP contribution in [0.15, 0.2) is 241 Å². The number of ether oxygens (including phenoxy) is 6. The first-order valence-corrected chi connectivity index (χ1v) is 49.0. The molecule has 5 aliphatic rings. The number of hydrogen-bond donors (Lipinski definition) is 3. The number of benzene rings is 12. The van der Waals surface area contributed by atoms with Crippen molar-refractivity contribution in [3.05, 3.63) is 322 Å². The van der Waals surface area contributed by atoms with E-state index in [0.717, 1.165) is 147 Å². The third-order valence-electron chi connectivity index (χ3n) is 24.7. The molecule has 139 heavy (non-hydrogen) atoms. The van der Waals surface area contributed by atoms with Crippen LogP contribution in [0.3, 0.4) is 0 Å². The van der Waals surface area contributed by atoms with Crippen molar-refractivity contribution >= 4 is 39.9 Å². The molecule has 0 amide bonds. The van der Waals surface area contributed by atoms with Crippen LogP contribution < -0.4 is 24.4 Å². The van der Waals surface area contributed by atoms with Crippen LogP contribution in [-0.2, 0) is 19.9 Å². The van der Waals surface area contributed by atoms with Crippen LogP contribution in [0, 0.1) is 87.6 Å². The van der Waals surface area contributed by atoms with Gasteiger partial charge < -0.3 is 43.6 Å². The first-order valence-electron chi connectivity index (χ1n) is 48.2. The molecule has 2 saturated carbocycles. The molecule has 2 saturated heterocycles. The molecular formula is C115H124BBrF12O10. The van der Waals surface area contributed by atoms with Gasteiger partial charge in [-0.3, -0.25) is 4.79 Å². The summed E-state index contributed by atoms with van der Waals surface area (Å²) in [5.41, 5.74) is 8.56. The molecular weight excluding hydrogens is 1860 g/mol. The monoisotopic (exact) mass is 1980 g/mol. The SMILES string of the molecule is C1CCOC1.C1CCOC1.CCCC1CC=C(c2ccc(-c3ccc(-c4ccc(OCC)c(F)c4F)cc3)cc2F)CC1.CCCC1CCC(=O)CC1.CCCC1CCC(O)(c2ccc(-c3ccc(-c4ccc(OCC)c(F)c4F)cc3)cc2F)CC1.CCOc1ccc(-c2ccc(-c3cccc(F)c3)cc2)c(F)c1F.CCOc1ccc(-c2ccc(Br)cc2)c(F)c1F.OB(O)c1cccc(F)c1. The maximum atomic E-state index is 15.1. The molecule has 738 valence electrons. The molecule has 2 aliphatic heterocycles. The van der Waals surface area contributed by atoms with E-state index in [0.29, 0.717) is 76.0 Å². The molecule has 0 radical (unpaired) electrons. The number of carbonyl (C=O) groups excluding carboxylic acids is 1. The lowest BCUT2D eigenvalue weighted by atomic mass is 9.74. The summed E-state index contributed by atoms with van der Waals surface area (Å²) >= 11 is 3.30. The zero-order chi connectivity index (χ0) is 99.9. The first-order chi connectivity index (χ1) is 67.1. The topological polar surface area (TPSA) is 133 Å². The summed E-state index contributed by atoms with van der Waals surface area (Å²) in [6.07, 6.45) is 24.7. The van der Waals surface area contributed by atoms with Crippen LogP contribution in [0.2, 0.25) is 0 Å². The fraction of sp³-hybridized carbons (Fsp3) is 0.348. The maximum absolute atomic E-state index is 15.1. The Hall–Kier alpha value is -11.2. The summed E-state index contributed by atoms with van der Waals surface area (Å²) < 4.78 is 200. The number of hydrogen-bond acceptors (Lipinski definition) is 10. The lowest BCUT2D eigenvalue weighted by Crippen LogP contribution is -2.32. The lowest BCUT2D eigenvalue weighted by molar-refractivity contribution is -0.121. The zero-order valence-electron chi connectivity index (χ0n) is 79.9. The second kappa shape index (κ2) is 56.3. The van der Waals surface area contributed by atoms with Gasteiger partial charge in [0.1, 0.15) is 29.1 Å². The number of rotatable bonds is 24. The summed E-state index contributed by atoms with van der Waals surface area (Å²) in [6.45, 7) is 18.5. The first kappa shape index (κ1) is 110. The standard InChI is InChI=1S/C29H31F3O2.C29H29F3O.C20H15F3O.C14H11BrF2O.C9H16O.C6H6BFO2.2C4H8O/c1-3-5-19-14-16-29(33,17-15-19)24-12-10-22(18-25(24)30)20-6-8-21(9-7-20)23-11-13-26(34-4-2)28(32)27(23)31;1-3-5-19-6-8-21(9-7-19)24-15-14-23(18-26(24)30)20-10-12-22(13-11-20)25-16-17-27(33-4-2)29(32)28(25)31;1-2-24-18-11-10-17(19(22)20(18)23)14-8-6-13(7-9-14)15-4-3-5-16(21)12-15;1-2-18-12-8-7-11(13(16)14(12)17)9-3-5-10(15)6-4-9;1-2-3-8-4-6-9(10)7-5-8;8-6-3-1-2-5(4-6)7(9)10;2*1-2-4-5-3-1/h6-13,18-19,33H,3-5,14-17H2,1-2H3;8,10-19H,3-7,9H2,1-2H3;3-12H,2H2,1H3;3-8H,2H2,1H3;8H,2-7H2,1H3;1-4,9-10H;2*1-4H2. The summed E-state index contributed by atoms with van der Waals surface area (Å²) in [7, 11) is -1.59. The molecule has 12 aromatic rings. The van der Waals surface area contributed by atoms with E-state index in [4.69, 9.17) is 38.5 Å². The largest absolute Gasteiger partial charge is 0.491 e. The van der Waals surface area contributed by atoms with Gasteiger partial charge in [-0.15, -0.1) is 0 Å². The Morgan fingerprint density at radius 1 is 0.353 bits per heavy atom. The Balaban J connectivity index is 0.000000176. The molecule has 1 unspecified atom stereocenters. The van der Waals surface area contributed by atoms with Gasteiger partial charge >= 0.3 is 7.12 Å². The molecule has 17 rings (SSSR count). The van der Waals surface area contributed by atoms with Crippen LogP contribution in [0.25, 0.3) is 83.5 Å². The normalized spacial score (nSPS) is 15.9. The molecule has 24 heteroatoms. The zero-order valence-corrected chi connectivity index (χ0v) is 81.5. The van der Waals surface area contributed by atoms with E-state index in [1.165, 1.54) is 136 Å². The molecule has 10 nitrogen and oxygen atoms in total. The molecule has 2 heterocycles. The maximum Gasteiger partial charge on any atom is 0.488 e. The molecule has 1 atom stereocenters. The van der Waals surface area contributed by atoms with E-state index in [1.54, 1.807) is 155 Å². The van der Waals surface area contributed by atoms with E-state index in [-0.39, 0.29) is 82.2 Å². The molecule has 0 spiro atoms. The molecule has 0 aromatic heterocycles. The number of allylic oxidation sites excluding steroid dienone is 2. The van der Waals surface area contributed by atoms with Gasteiger partial charge in [0, 0.05) is 77.1 Å². The van der Waals surface area contributed by atoms with Crippen molar-refractivity contribution in [2.24, 2.45) is 17.8 Å². The number of Topliss-reactive ketones (excluding diaryl/α,β-unsaturated/α-hetero) is 1. The highest BCUT2D eigenvalue weighted by molar-refractivity contribution is 9.10. The molecule has 4 fully saturated rings. The van der Waals surface area contributed by atoms with Crippen LogP contribution in [0.5, 0.6) is 23.0 Å². The third-order valence-corrected chi connectivity index (χ3v) is 25.3. The number of halogens is 13. The summed E-state index contributed by atoms with van der Waals surface area (Å²) in [4.78, 5) is 10.8. The smallest absolute Gasteiger partial charge is 0.488 e. The molecule has 12 aromatic carbocycles. The number of ketones is 1. The van der Waals surface area contributed by atoms with E-state index < -0.39 is 70.9 Å². The predicted molar refractivity (Wildman–Crippen MR) is 535 cm³/mol. The Bertz CT molecular complexity index is 5860. The second-order valence-electron chi connectivity index (χ2n) is 34.6. The Kier molecular flexibility index (Phi) is 44.4. The Labute approximate surface area is 818 Å². The van der Waals surface area contributed by atoms with Crippen molar-refractivity contribution < 1.29 is 101 Å². The highest BCUT2D eigenvalue weighted by Gasteiger charge is 2.37. The van der Waals surface area contributed by atoms with Crippen molar-refractivity contribution in [1.82, 2.24) is 0 Å². The van der Waals surface area contributed by atoms with Crippen molar-refractivity contribution in [1.29, 1.82) is 0 Å². The third kappa shape index (κ3) is 32.1. The van der Waals surface area contributed by atoms with E-state index in [9.17, 15) is 58.2 Å². The molecule has 0 bridgehead atoms.